The van der Waals surface area contributed by atoms with E-state index in [0.29, 0.717) is 0 Å². The van der Waals surface area contributed by atoms with Gasteiger partial charge in [0.2, 0.25) is 0 Å². The Kier molecular flexibility index (Phi) is 5.58. The molecule has 3 atom stereocenters. The fraction of sp³-hybridized carbons (Fsp3) is 0.153. The highest BCUT2D eigenvalue weighted by Crippen LogP contribution is 2.78. The van der Waals surface area contributed by atoms with Gasteiger partial charge < -0.3 is 4.40 Å². The molecule has 0 saturated heterocycles. The van der Waals surface area contributed by atoms with Crippen molar-refractivity contribution in [2.75, 3.05) is 0 Å². The molecule has 17 rings (SSSR count). The number of nitrogens with zero attached hydrogens (tertiary/aromatic N) is 3. The highest BCUT2D eigenvalue weighted by atomic mass is 14.9. The van der Waals surface area contributed by atoms with E-state index in [-0.39, 0.29) is 29.1 Å². The fourth-order valence-electron chi connectivity index (χ4n) is 14.8. The number of nitriles is 2. The molecule has 10 aromatic rings. The first-order chi connectivity index (χ1) is 30.7. The van der Waals surface area contributed by atoms with Crippen LogP contribution in [0.2, 0.25) is 0 Å². The third kappa shape index (κ3) is 3.34. The lowest BCUT2D eigenvalue weighted by molar-refractivity contribution is 0.333. The first-order valence-electron chi connectivity index (χ1n) is 22.4. The predicted molar refractivity (Wildman–Crippen MR) is 244 cm³/mol. The second kappa shape index (κ2) is 10.7. The summed E-state index contributed by atoms with van der Waals surface area (Å²) in [6.07, 6.45) is 3.79. The van der Waals surface area contributed by atoms with Gasteiger partial charge in [0, 0.05) is 50.6 Å². The van der Waals surface area contributed by atoms with Crippen molar-refractivity contribution in [1.29, 1.82) is 10.5 Å². The molecular formula is C59H35N3. The number of aromatic nitrogens is 1. The first kappa shape index (κ1) is 32.3. The van der Waals surface area contributed by atoms with Crippen molar-refractivity contribution >= 4 is 38.1 Å². The number of benzene rings is 8. The molecule has 7 aliphatic carbocycles. The average molecular weight is 786 g/mol. The van der Waals surface area contributed by atoms with Gasteiger partial charge in [0.1, 0.15) is 0 Å². The summed E-state index contributed by atoms with van der Waals surface area (Å²) in [6, 6.07) is 58.1. The van der Waals surface area contributed by atoms with Crippen LogP contribution in [0.5, 0.6) is 0 Å². The minimum Gasteiger partial charge on any atom is -0.308 e. The van der Waals surface area contributed by atoms with Gasteiger partial charge in [0.25, 0.3) is 0 Å². The van der Waals surface area contributed by atoms with E-state index in [1.807, 2.05) is 0 Å². The molecule has 0 N–H and O–H groups in total. The van der Waals surface area contributed by atoms with Crippen molar-refractivity contribution in [2.24, 2.45) is 0 Å². The van der Waals surface area contributed by atoms with Gasteiger partial charge in [-0.05, 0) is 127 Å². The Morgan fingerprint density at radius 2 is 0.903 bits per heavy atom. The van der Waals surface area contributed by atoms with Crippen LogP contribution in [0.15, 0.2) is 140 Å². The number of hydrogen-bond acceptors (Lipinski definition) is 2. The fourth-order valence-corrected chi connectivity index (χ4v) is 14.8. The molecular weight excluding hydrogens is 751 g/mol. The van der Waals surface area contributed by atoms with Gasteiger partial charge in [0.15, 0.2) is 0 Å². The lowest BCUT2D eigenvalue weighted by atomic mass is 9.43. The summed E-state index contributed by atoms with van der Waals surface area (Å²) >= 11 is 0. The summed E-state index contributed by atoms with van der Waals surface area (Å²) in [5, 5.41) is 28.0. The van der Waals surface area contributed by atoms with Crippen LogP contribution >= 0.6 is 0 Å². The molecule has 3 heteroatoms. The lowest BCUT2D eigenvalue weighted by Crippen LogP contribution is -2.52. The molecule has 2 heterocycles. The number of rotatable bonds is 0. The van der Waals surface area contributed by atoms with E-state index in [1.165, 1.54) is 116 Å². The highest BCUT2D eigenvalue weighted by molar-refractivity contribution is 6.28. The van der Waals surface area contributed by atoms with E-state index < -0.39 is 0 Å². The quantitative estimate of drug-likeness (QED) is 0.154. The van der Waals surface area contributed by atoms with Crippen molar-refractivity contribution in [3.8, 4) is 12.1 Å². The Hall–Kier alpha value is -7.46. The maximum Gasteiger partial charge on any atom is 0.0995 e. The van der Waals surface area contributed by atoms with Crippen LogP contribution in [0.3, 0.4) is 0 Å². The molecule has 0 amide bonds. The Labute approximate surface area is 358 Å². The van der Waals surface area contributed by atoms with Crippen molar-refractivity contribution in [2.45, 2.75) is 54.8 Å². The minimum absolute atomic E-state index is 0.00829. The van der Waals surface area contributed by atoms with Crippen molar-refractivity contribution in [1.82, 2.24) is 4.40 Å². The molecule has 2 aromatic heterocycles. The number of aryl methyl sites for hydroxylation is 4. The van der Waals surface area contributed by atoms with E-state index in [0.717, 1.165) is 47.8 Å². The topological polar surface area (TPSA) is 52.0 Å². The molecule has 0 aliphatic heterocycles. The summed E-state index contributed by atoms with van der Waals surface area (Å²) in [6.45, 7) is 0. The van der Waals surface area contributed by atoms with Gasteiger partial charge in [-0.25, -0.2) is 0 Å². The van der Waals surface area contributed by atoms with E-state index in [1.54, 1.807) is 0 Å². The van der Waals surface area contributed by atoms with Gasteiger partial charge in [-0.2, -0.15) is 10.5 Å². The molecule has 3 unspecified atom stereocenters. The van der Waals surface area contributed by atoms with Crippen LogP contribution in [-0.4, -0.2) is 4.40 Å². The Balaban J connectivity index is 1.11. The van der Waals surface area contributed by atoms with E-state index >= 15 is 0 Å². The third-order valence-electron chi connectivity index (χ3n) is 16.8. The van der Waals surface area contributed by atoms with Crippen LogP contribution < -0.4 is 0 Å². The van der Waals surface area contributed by atoms with Crippen molar-refractivity contribution in [3.63, 3.8) is 0 Å². The standard InChI is InChI=1S/C59H35N3/c60-28-34-26-44-52(54-46(34)50-36-12-1-3-14-38(36)51(54)39-15-4-2-13-37(39)50)48-32-22-20-30-10-9-11-31(24-30)21-23-33(25-32)49-53-45(62(44)58(48)49)27-35(29-61)47-55(53)57-41-17-6-8-19-43(41)59(57)42-18-7-5-16-40(42)56(47)59/h1-19,24-27,50-51,56-57H,20-23H2. The second-order valence-electron chi connectivity index (χ2n) is 19.0. The molecule has 0 fully saturated rings. The van der Waals surface area contributed by atoms with Crippen LogP contribution in [0.4, 0.5) is 0 Å². The Morgan fingerprint density at radius 1 is 0.435 bits per heavy atom. The van der Waals surface area contributed by atoms with E-state index in [9.17, 15) is 10.5 Å². The minimum atomic E-state index is -0.164. The van der Waals surface area contributed by atoms with Gasteiger partial charge in [0.05, 0.1) is 39.8 Å². The predicted octanol–water partition coefficient (Wildman–Crippen LogP) is 12.3. The van der Waals surface area contributed by atoms with E-state index in [4.69, 9.17) is 0 Å². The first-order valence-corrected chi connectivity index (χ1v) is 22.4. The molecule has 8 aromatic carbocycles. The summed E-state index contributed by atoms with van der Waals surface area (Å²) in [5.74, 6) is 0.310. The number of hydrogen-bond donors (Lipinski definition) is 0. The monoisotopic (exact) mass is 785 g/mol. The summed E-state index contributed by atoms with van der Waals surface area (Å²) in [4.78, 5) is 0. The zero-order valence-electron chi connectivity index (χ0n) is 33.8. The maximum absolute atomic E-state index is 11.3. The zero-order valence-corrected chi connectivity index (χ0v) is 33.8. The molecule has 6 bridgehead atoms. The second-order valence-corrected chi connectivity index (χ2v) is 19.0. The summed E-state index contributed by atoms with van der Waals surface area (Å²) in [7, 11) is 0. The van der Waals surface area contributed by atoms with Gasteiger partial charge in [-0.15, -0.1) is 0 Å². The molecule has 7 aliphatic rings. The van der Waals surface area contributed by atoms with Gasteiger partial charge in [-0.1, -0.05) is 127 Å². The Morgan fingerprint density at radius 3 is 1.45 bits per heavy atom. The van der Waals surface area contributed by atoms with E-state index in [2.05, 4.69) is 156 Å². The van der Waals surface area contributed by atoms with Crippen LogP contribution in [0.25, 0.3) is 38.1 Å². The smallest absolute Gasteiger partial charge is 0.0995 e. The average Bonchev–Trinajstić information content (AvgIpc) is 3.91. The van der Waals surface area contributed by atoms with Crippen LogP contribution in [0, 0.1) is 22.7 Å². The normalized spacial score (nSPS) is 22.3. The van der Waals surface area contributed by atoms with Crippen molar-refractivity contribution in [3.05, 3.63) is 240 Å². The van der Waals surface area contributed by atoms with Crippen LogP contribution in [0.1, 0.15) is 124 Å². The molecule has 62 heavy (non-hydrogen) atoms. The Bertz CT molecular complexity index is 3840. The van der Waals surface area contributed by atoms with Gasteiger partial charge in [-0.3, -0.25) is 0 Å². The molecule has 0 saturated carbocycles. The number of fused-ring (bicyclic) bond motifs is 20. The maximum atomic E-state index is 11.3. The molecule has 286 valence electrons. The lowest BCUT2D eigenvalue weighted by Gasteiger charge is -2.58. The highest BCUT2D eigenvalue weighted by Gasteiger charge is 2.70. The molecule has 0 radical (unpaired) electrons. The van der Waals surface area contributed by atoms with Gasteiger partial charge >= 0.3 is 0 Å². The SMILES string of the molecule is N#Cc1cc2c(c3c1C1c4ccccc4C3c3ccccc31)c1c3cc(c4c5c6c(c(C#N)cc5n2c14)C1c2ccccc2C12c1ccccc1C62)CCc1cccc(c1)CC3. The third-order valence-corrected chi connectivity index (χ3v) is 16.8. The zero-order chi connectivity index (χ0) is 40.3. The summed E-state index contributed by atoms with van der Waals surface area (Å²) in [5.41, 5.74) is 26.5. The summed E-state index contributed by atoms with van der Waals surface area (Å²) < 4.78 is 2.54. The van der Waals surface area contributed by atoms with Crippen molar-refractivity contribution < 1.29 is 0 Å². The molecule has 3 nitrogen and oxygen atoms in total. The molecule has 1 spiro atoms. The van der Waals surface area contributed by atoms with Crippen LogP contribution in [-0.2, 0) is 31.1 Å². The largest absolute Gasteiger partial charge is 0.308 e.